The van der Waals surface area contributed by atoms with Gasteiger partial charge in [-0.3, -0.25) is 4.79 Å². The van der Waals surface area contributed by atoms with Crippen LogP contribution in [0.15, 0.2) is 11.2 Å². The number of primary amides is 1. The quantitative estimate of drug-likeness (QED) is 0.368. The van der Waals surface area contributed by atoms with Crippen molar-refractivity contribution in [2.75, 3.05) is 20.7 Å². The number of amides is 1. The minimum Gasteiger partial charge on any atom is -0.394 e. The molecule has 0 saturated carbocycles. The SMILES string of the molecule is Cc1nc(N=CN(C)C)c2c(C(N)=O)cn([C@@H]3OC(CO)[C@@H](O)[C@H]3O)c2n1. The van der Waals surface area contributed by atoms with Gasteiger partial charge in [0.25, 0.3) is 5.91 Å². The van der Waals surface area contributed by atoms with Crippen molar-refractivity contribution >= 4 is 29.1 Å². The zero-order valence-electron chi connectivity index (χ0n) is 15.1. The molecule has 11 nitrogen and oxygen atoms in total. The molecule has 0 aromatic carbocycles. The number of aliphatic hydroxyl groups is 3. The van der Waals surface area contributed by atoms with Gasteiger partial charge in [0.2, 0.25) is 0 Å². The summed E-state index contributed by atoms with van der Waals surface area (Å²) in [6.07, 6.45) is -1.74. The molecule has 3 heterocycles. The van der Waals surface area contributed by atoms with Crippen molar-refractivity contribution in [1.82, 2.24) is 19.4 Å². The number of carbonyl (C=O) groups excluding carboxylic acids is 1. The zero-order chi connectivity index (χ0) is 19.9. The molecule has 3 rings (SSSR count). The summed E-state index contributed by atoms with van der Waals surface area (Å²) in [5.41, 5.74) is 5.89. The molecule has 0 aliphatic carbocycles. The highest BCUT2D eigenvalue weighted by Gasteiger charge is 2.44. The number of aliphatic imine (C=N–C) groups is 1. The van der Waals surface area contributed by atoms with Crippen LogP contribution in [-0.2, 0) is 4.74 Å². The van der Waals surface area contributed by atoms with E-state index >= 15 is 0 Å². The summed E-state index contributed by atoms with van der Waals surface area (Å²) < 4.78 is 6.96. The molecule has 0 bridgehead atoms. The minimum absolute atomic E-state index is 0.105. The molecule has 1 saturated heterocycles. The number of carbonyl (C=O) groups is 1. The standard InChI is InChI=1S/C16H22N6O5/c1-7-19-14(18-6-21(2)3)10-8(13(17)26)4-22(15(10)20-7)16-12(25)11(24)9(5-23)27-16/h4,6,9,11-12,16,23-25H,5H2,1-3H3,(H2,17,26)/t9?,11-,12-,16-/m1/s1. The van der Waals surface area contributed by atoms with Gasteiger partial charge >= 0.3 is 0 Å². The van der Waals surface area contributed by atoms with Crippen molar-refractivity contribution in [3.8, 4) is 0 Å². The molecule has 1 unspecified atom stereocenters. The normalized spacial score (nSPS) is 25.6. The van der Waals surface area contributed by atoms with Gasteiger partial charge in [-0.05, 0) is 6.92 Å². The lowest BCUT2D eigenvalue weighted by Gasteiger charge is -2.17. The van der Waals surface area contributed by atoms with Gasteiger partial charge in [0.1, 0.15) is 29.8 Å². The first-order valence-electron chi connectivity index (χ1n) is 8.26. The molecule has 2 aromatic rings. The molecule has 146 valence electrons. The Hall–Kier alpha value is -2.60. The fraction of sp³-hybridized carbons (Fsp3) is 0.500. The van der Waals surface area contributed by atoms with Crippen molar-refractivity contribution in [2.24, 2.45) is 10.7 Å². The second kappa shape index (κ2) is 7.19. The van der Waals surface area contributed by atoms with E-state index in [1.807, 2.05) is 0 Å². The summed E-state index contributed by atoms with van der Waals surface area (Å²) in [5, 5.41) is 30.0. The van der Waals surface area contributed by atoms with Gasteiger partial charge in [0, 0.05) is 20.3 Å². The molecular weight excluding hydrogens is 356 g/mol. The second-order valence-electron chi connectivity index (χ2n) is 6.54. The Balaban J connectivity index is 2.22. The predicted molar refractivity (Wildman–Crippen MR) is 95.6 cm³/mol. The van der Waals surface area contributed by atoms with E-state index in [0.29, 0.717) is 11.2 Å². The van der Waals surface area contributed by atoms with Crippen LogP contribution in [-0.4, -0.2) is 86.0 Å². The van der Waals surface area contributed by atoms with Crippen LogP contribution in [0.1, 0.15) is 22.4 Å². The summed E-state index contributed by atoms with van der Waals surface area (Å²) in [4.78, 5) is 26.6. The van der Waals surface area contributed by atoms with Gasteiger partial charge in [0.15, 0.2) is 12.0 Å². The third kappa shape index (κ3) is 3.37. The average Bonchev–Trinajstić information content (AvgIpc) is 3.11. The maximum absolute atomic E-state index is 12.0. The van der Waals surface area contributed by atoms with Crippen molar-refractivity contribution in [3.63, 3.8) is 0 Å². The second-order valence-corrected chi connectivity index (χ2v) is 6.54. The highest BCUT2D eigenvalue weighted by Crippen LogP contribution is 2.35. The molecule has 11 heteroatoms. The van der Waals surface area contributed by atoms with Crippen molar-refractivity contribution in [1.29, 1.82) is 0 Å². The van der Waals surface area contributed by atoms with Crippen LogP contribution in [0.5, 0.6) is 0 Å². The average molecular weight is 378 g/mol. The van der Waals surface area contributed by atoms with Gasteiger partial charge in [-0.2, -0.15) is 0 Å². The first-order chi connectivity index (χ1) is 12.7. The Kier molecular flexibility index (Phi) is 5.11. The van der Waals surface area contributed by atoms with Gasteiger partial charge in [-0.1, -0.05) is 0 Å². The number of aliphatic hydroxyl groups excluding tert-OH is 3. The molecule has 1 aliphatic heterocycles. The number of aromatic nitrogens is 3. The molecule has 27 heavy (non-hydrogen) atoms. The van der Waals surface area contributed by atoms with Crippen LogP contribution < -0.4 is 5.73 Å². The van der Waals surface area contributed by atoms with Crippen LogP contribution in [0.4, 0.5) is 5.82 Å². The Morgan fingerprint density at radius 1 is 1.41 bits per heavy atom. The molecule has 1 aliphatic rings. The summed E-state index contributed by atoms with van der Waals surface area (Å²) in [6.45, 7) is 1.19. The number of nitrogens with two attached hydrogens (primary N) is 1. The highest BCUT2D eigenvalue weighted by atomic mass is 16.6. The number of rotatable bonds is 5. The molecule has 1 fully saturated rings. The number of nitrogens with zero attached hydrogens (tertiary/aromatic N) is 5. The van der Waals surface area contributed by atoms with Crippen LogP contribution in [0.3, 0.4) is 0 Å². The summed E-state index contributed by atoms with van der Waals surface area (Å²) >= 11 is 0. The monoisotopic (exact) mass is 378 g/mol. The van der Waals surface area contributed by atoms with E-state index in [1.165, 1.54) is 17.1 Å². The van der Waals surface area contributed by atoms with Gasteiger partial charge in [-0.15, -0.1) is 0 Å². The van der Waals surface area contributed by atoms with E-state index in [9.17, 15) is 20.1 Å². The molecule has 1 amide bonds. The minimum atomic E-state index is -1.33. The van der Waals surface area contributed by atoms with Crippen LogP contribution >= 0.6 is 0 Å². The maximum atomic E-state index is 12.0. The molecule has 2 aromatic heterocycles. The summed E-state index contributed by atoms with van der Waals surface area (Å²) in [6, 6.07) is 0. The smallest absolute Gasteiger partial charge is 0.251 e. The number of fused-ring (bicyclic) bond motifs is 1. The fourth-order valence-corrected chi connectivity index (χ4v) is 2.99. The molecule has 5 N–H and O–H groups in total. The molecule has 0 spiro atoms. The van der Waals surface area contributed by atoms with E-state index in [0.717, 1.165) is 0 Å². The van der Waals surface area contributed by atoms with Crippen LogP contribution in [0.25, 0.3) is 11.0 Å². The zero-order valence-corrected chi connectivity index (χ0v) is 15.1. The fourth-order valence-electron chi connectivity index (χ4n) is 2.99. The predicted octanol–water partition coefficient (Wildman–Crippen LogP) is -1.33. The lowest BCUT2D eigenvalue weighted by atomic mass is 10.1. The van der Waals surface area contributed by atoms with E-state index in [1.54, 1.807) is 25.9 Å². The van der Waals surface area contributed by atoms with Gasteiger partial charge in [-0.25, -0.2) is 15.0 Å². The first-order valence-corrected chi connectivity index (χ1v) is 8.26. The largest absolute Gasteiger partial charge is 0.394 e. The molecule has 0 radical (unpaired) electrons. The van der Waals surface area contributed by atoms with Crippen LogP contribution in [0.2, 0.25) is 0 Å². The van der Waals surface area contributed by atoms with E-state index in [-0.39, 0.29) is 17.0 Å². The number of aryl methyl sites for hydroxylation is 1. The molecular formula is C16H22N6O5. The van der Waals surface area contributed by atoms with E-state index in [4.69, 9.17) is 10.5 Å². The number of ether oxygens (including phenoxy) is 1. The Labute approximate surface area is 154 Å². The lowest BCUT2D eigenvalue weighted by Crippen LogP contribution is -2.33. The van der Waals surface area contributed by atoms with Crippen LogP contribution in [0, 0.1) is 6.92 Å². The van der Waals surface area contributed by atoms with E-state index < -0.39 is 37.1 Å². The maximum Gasteiger partial charge on any atom is 0.251 e. The Bertz CT molecular complexity index is 895. The summed E-state index contributed by atoms with van der Waals surface area (Å²) in [7, 11) is 3.57. The highest BCUT2D eigenvalue weighted by molar-refractivity contribution is 6.09. The van der Waals surface area contributed by atoms with E-state index in [2.05, 4.69) is 15.0 Å². The van der Waals surface area contributed by atoms with Crippen molar-refractivity contribution in [3.05, 3.63) is 17.6 Å². The number of hydrogen-bond donors (Lipinski definition) is 4. The van der Waals surface area contributed by atoms with Gasteiger partial charge < -0.3 is 35.3 Å². The lowest BCUT2D eigenvalue weighted by molar-refractivity contribution is -0.0509. The topological polar surface area (TPSA) is 159 Å². The van der Waals surface area contributed by atoms with Crippen molar-refractivity contribution in [2.45, 2.75) is 31.5 Å². The third-order valence-corrected chi connectivity index (χ3v) is 4.23. The number of hydrogen-bond acceptors (Lipinski definition) is 8. The van der Waals surface area contributed by atoms with Crippen molar-refractivity contribution < 1.29 is 24.9 Å². The molecule has 4 atom stereocenters. The Morgan fingerprint density at radius 2 is 2.11 bits per heavy atom. The summed E-state index contributed by atoms with van der Waals surface area (Å²) in [5.74, 6) is -0.0970. The van der Waals surface area contributed by atoms with Gasteiger partial charge in [0.05, 0.1) is 23.9 Å². The Morgan fingerprint density at radius 3 is 2.67 bits per heavy atom. The third-order valence-electron chi connectivity index (χ3n) is 4.23. The first kappa shape index (κ1) is 19.2.